The van der Waals surface area contributed by atoms with Gasteiger partial charge in [0.2, 0.25) is 0 Å². The van der Waals surface area contributed by atoms with Gasteiger partial charge in [0.1, 0.15) is 5.78 Å². The largest absolute Gasteiger partial charge is 0.299 e. The monoisotopic (exact) mass is 289 g/mol. The predicted molar refractivity (Wildman–Crippen MR) is 81.7 cm³/mol. The molecule has 0 aromatic rings. The molecular weight excluding hydrogens is 263 g/mol. The molecule has 3 fully saturated rings. The minimum atomic E-state index is -0.0246. The van der Waals surface area contributed by atoms with Crippen LogP contribution in [0.3, 0.4) is 0 Å². The molecular formula is C19H26O2. The average molecular weight is 289 g/mol. The Bertz CT molecular complexity index is 546. The van der Waals surface area contributed by atoms with Crippen molar-refractivity contribution in [3.8, 4) is 0 Å². The van der Waals surface area contributed by atoms with Gasteiger partial charge in [0.15, 0.2) is 5.78 Å². The molecule has 0 bridgehead atoms. The quantitative estimate of drug-likeness (QED) is 0.629. The summed E-state index contributed by atoms with van der Waals surface area (Å²) in [5.41, 5.74) is 1.64. The second-order valence-corrected chi connectivity index (χ2v) is 8.39. The van der Waals surface area contributed by atoms with Gasteiger partial charge in [0.05, 0.1) is 0 Å². The maximum Gasteiger partial charge on any atom is 0.155 e. The molecule has 4 rings (SSSR count). The number of rotatable bonds is 0. The van der Waals surface area contributed by atoms with E-state index in [2.05, 4.69) is 13.8 Å². The number of Topliss-reactive ketones (excluding diaryl/α,β-unsaturated/α-hetero) is 1. The molecule has 0 N–H and O–H groups in total. The number of ketones is 2. The van der Waals surface area contributed by atoms with E-state index in [1.165, 1.54) is 18.4 Å². The van der Waals surface area contributed by atoms with Crippen molar-refractivity contribution in [2.45, 2.75) is 65.2 Å². The normalized spacial score (nSPS) is 49.2. The van der Waals surface area contributed by atoms with Crippen LogP contribution >= 0.6 is 0 Å². The van der Waals surface area contributed by atoms with Gasteiger partial charge in [0, 0.05) is 18.3 Å². The van der Waals surface area contributed by atoms with Crippen LogP contribution in [0, 0.1) is 28.6 Å². The second-order valence-electron chi connectivity index (χ2n) is 8.39. The molecule has 21 heavy (non-hydrogen) atoms. The Morgan fingerprint density at radius 3 is 2.48 bits per heavy atom. The number of fused-ring (bicyclic) bond motifs is 5. The smallest absolute Gasteiger partial charge is 0.155 e. The summed E-state index contributed by atoms with van der Waals surface area (Å²) in [5, 5.41) is 0. The zero-order valence-corrected chi connectivity index (χ0v) is 13.3. The van der Waals surface area contributed by atoms with E-state index in [1.54, 1.807) is 0 Å². The molecule has 0 aromatic heterocycles. The van der Waals surface area contributed by atoms with E-state index in [4.69, 9.17) is 0 Å². The van der Waals surface area contributed by atoms with Crippen LogP contribution in [0.5, 0.6) is 0 Å². The summed E-state index contributed by atoms with van der Waals surface area (Å²) in [6.45, 7) is 4.64. The van der Waals surface area contributed by atoms with E-state index < -0.39 is 0 Å². The Morgan fingerprint density at radius 1 is 0.905 bits per heavy atom. The number of hydrogen-bond donors (Lipinski definition) is 0. The third kappa shape index (κ3) is 1.71. The molecule has 4 aliphatic rings. The molecule has 2 nitrogen and oxygen atoms in total. The highest BCUT2D eigenvalue weighted by Crippen LogP contribution is 2.64. The minimum absolute atomic E-state index is 0.0246. The van der Waals surface area contributed by atoms with Crippen molar-refractivity contribution in [1.29, 1.82) is 0 Å². The summed E-state index contributed by atoms with van der Waals surface area (Å²) in [5.74, 6) is 2.88. The van der Waals surface area contributed by atoms with Crippen LogP contribution in [0.2, 0.25) is 0 Å². The number of carbonyl (C=O) groups excluding carboxylic acids is 2. The molecule has 0 aliphatic heterocycles. The summed E-state index contributed by atoms with van der Waals surface area (Å²) in [4.78, 5) is 24.1. The third-order valence-corrected chi connectivity index (χ3v) is 7.67. The second kappa shape index (κ2) is 4.30. The van der Waals surface area contributed by atoms with Crippen LogP contribution in [0.4, 0.5) is 0 Å². The molecule has 3 saturated carbocycles. The van der Waals surface area contributed by atoms with Gasteiger partial charge >= 0.3 is 0 Å². The van der Waals surface area contributed by atoms with Crippen molar-refractivity contribution in [3.63, 3.8) is 0 Å². The Balaban J connectivity index is 1.70. The first-order chi connectivity index (χ1) is 9.95. The van der Waals surface area contributed by atoms with E-state index in [9.17, 15) is 9.59 Å². The summed E-state index contributed by atoms with van der Waals surface area (Å²) in [6.07, 6.45) is 10.2. The first-order valence-electron chi connectivity index (χ1n) is 8.72. The lowest BCUT2D eigenvalue weighted by molar-refractivity contribution is -0.132. The van der Waals surface area contributed by atoms with E-state index in [0.29, 0.717) is 29.3 Å². The molecule has 0 amide bonds. The van der Waals surface area contributed by atoms with E-state index in [0.717, 1.165) is 38.5 Å². The molecule has 0 radical (unpaired) electrons. The van der Waals surface area contributed by atoms with Crippen LogP contribution in [-0.4, -0.2) is 11.6 Å². The van der Waals surface area contributed by atoms with Gasteiger partial charge in [-0.15, -0.1) is 0 Å². The SMILES string of the molecule is C[C@]12C[13CH2][13C](=O)[13CH]=C1CC[C@@H]1[C@@H]2CC[C@]2(C)C(=O)CC[C@@H]12. The number of hydrogen-bond acceptors (Lipinski definition) is 2. The number of allylic oxidation sites excluding steroid dienone is 1. The highest BCUT2D eigenvalue weighted by Gasteiger charge is 2.58. The topological polar surface area (TPSA) is 34.1 Å². The van der Waals surface area contributed by atoms with Gasteiger partial charge in [-0.1, -0.05) is 19.4 Å². The van der Waals surface area contributed by atoms with Gasteiger partial charge in [-0.3, -0.25) is 9.59 Å². The maximum atomic E-state index is 12.4. The number of carbonyl (C=O) groups is 2. The van der Waals surface area contributed by atoms with Crippen LogP contribution in [0.25, 0.3) is 0 Å². The Labute approximate surface area is 127 Å². The van der Waals surface area contributed by atoms with E-state index >= 15 is 0 Å². The highest BCUT2D eigenvalue weighted by atomic mass is 16.2. The van der Waals surface area contributed by atoms with Gasteiger partial charge < -0.3 is 0 Å². The van der Waals surface area contributed by atoms with Crippen molar-refractivity contribution in [2.24, 2.45) is 28.6 Å². The lowest BCUT2D eigenvalue weighted by Crippen LogP contribution is -2.50. The summed E-state index contributed by atoms with van der Waals surface area (Å²) < 4.78 is 0. The Kier molecular flexibility index (Phi) is 2.81. The van der Waals surface area contributed by atoms with Crippen LogP contribution in [-0.2, 0) is 9.59 Å². The first-order valence-corrected chi connectivity index (χ1v) is 8.72. The first kappa shape index (κ1) is 13.7. The Morgan fingerprint density at radius 2 is 1.67 bits per heavy atom. The molecule has 114 valence electrons. The minimum Gasteiger partial charge on any atom is -0.299 e. The Hall–Kier alpha value is -0.920. The maximum absolute atomic E-state index is 12.4. The molecule has 0 unspecified atom stereocenters. The summed E-state index contributed by atoms with van der Waals surface area (Å²) in [7, 11) is 0. The lowest BCUT2D eigenvalue weighted by atomic mass is 9.49. The molecule has 0 saturated heterocycles. The van der Waals surface area contributed by atoms with Crippen molar-refractivity contribution in [3.05, 3.63) is 11.6 Å². The van der Waals surface area contributed by atoms with Gasteiger partial charge in [-0.2, -0.15) is 0 Å². The fraction of sp³-hybridized carbons (Fsp3) is 0.789. The lowest BCUT2D eigenvalue weighted by Gasteiger charge is -2.56. The van der Waals surface area contributed by atoms with Gasteiger partial charge in [-0.05, 0) is 67.8 Å². The molecule has 2 heteroatoms. The zero-order valence-electron chi connectivity index (χ0n) is 13.3. The molecule has 0 aromatic carbocycles. The van der Waals surface area contributed by atoms with E-state index in [-0.39, 0.29) is 10.8 Å². The fourth-order valence-corrected chi connectivity index (χ4v) is 6.33. The highest BCUT2D eigenvalue weighted by molar-refractivity contribution is 5.91. The van der Waals surface area contributed by atoms with Crippen molar-refractivity contribution in [2.75, 3.05) is 0 Å². The third-order valence-electron chi connectivity index (χ3n) is 7.67. The standard InChI is InChI=1S/C19H26O2/c1-18-9-7-13(20)11-12(18)3-4-14-15-5-6-17(21)19(15,2)10-8-16(14)18/h11,14-16H,3-10H2,1-2H3/t14-,15-,16-,18-,19-/m0/s1/i7+1,11+1,13+1. The van der Waals surface area contributed by atoms with Crippen LogP contribution in [0.1, 0.15) is 65.2 Å². The van der Waals surface area contributed by atoms with Crippen LogP contribution in [0.15, 0.2) is 11.6 Å². The van der Waals surface area contributed by atoms with Crippen LogP contribution < -0.4 is 0 Å². The molecule has 0 spiro atoms. The predicted octanol–water partition coefficient (Wildman–Crippen LogP) is 4.09. The van der Waals surface area contributed by atoms with E-state index in [1.807, 2.05) is 6.08 Å². The van der Waals surface area contributed by atoms with Crippen molar-refractivity contribution in [1.82, 2.24) is 0 Å². The fourth-order valence-electron chi connectivity index (χ4n) is 6.33. The van der Waals surface area contributed by atoms with Gasteiger partial charge in [-0.25, -0.2) is 0 Å². The molecule has 4 aliphatic carbocycles. The van der Waals surface area contributed by atoms with Crippen molar-refractivity contribution >= 4 is 11.6 Å². The average Bonchev–Trinajstić information content (AvgIpc) is 2.76. The molecule has 0 heterocycles. The zero-order chi connectivity index (χ0) is 14.8. The van der Waals surface area contributed by atoms with Gasteiger partial charge in [0.25, 0.3) is 0 Å². The molecule has 5 atom stereocenters. The van der Waals surface area contributed by atoms with Crippen molar-refractivity contribution < 1.29 is 9.59 Å². The summed E-state index contributed by atoms with van der Waals surface area (Å²) >= 11 is 0. The summed E-state index contributed by atoms with van der Waals surface area (Å²) in [6, 6.07) is 0.